The first-order valence-electron chi connectivity index (χ1n) is 15.8. The van der Waals surface area contributed by atoms with Crippen molar-refractivity contribution in [2.75, 3.05) is 34.3 Å². The highest BCUT2D eigenvalue weighted by Crippen LogP contribution is 2.55. The van der Waals surface area contributed by atoms with Gasteiger partial charge in [0.15, 0.2) is 17.7 Å². The number of aldehydes is 1. The minimum absolute atomic E-state index is 0.0497. The largest absolute Gasteiger partial charge is 0.510 e. The third-order valence-corrected chi connectivity index (χ3v) is 10.5. The number of aliphatic hydroxyl groups is 3. The van der Waals surface area contributed by atoms with Crippen molar-refractivity contribution >= 4 is 23.7 Å². The van der Waals surface area contributed by atoms with Crippen molar-refractivity contribution in [3.8, 4) is 22.6 Å². The highest BCUT2D eigenvalue weighted by Gasteiger charge is 2.62. The zero-order valence-corrected chi connectivity index (χ0v) is 26.6. The van der Waals surface area contributed by atoms with Crippen LogP contribution in [0.2, 0.25) is 0 Å². The summed E-state index contributed by atoms with van der Waals surface area (Å²) in [5.41, 5.74) is 4.98. The van der Waals surface area contributed by atoms with E-state index in [0.29, 0.717) is 54.9 Å². The summed E-state index contributed by atoms with van der Waals surface area (Å²) in [6.07, 6.45) is 0.599. The number of ether oxygens (including phenoxy) is 1. The van der Waals surface area contributed by atoms with E-state index < -0.39 is 64.4 Å². The quantitative estimate of drug-likeness (QED) is 0.281. The molecule has 6 N–H and O–H groups in total. The highest BCUT2D eigenvalue weighted by atomic mass is 19.1. The number of phenols is 1. The maximum Gasteiger partial charge on any atom is 0.251 e. The van der Waals surface area contributed by atoms with E-state index in [4.69, 9.17) is 10.5 Å². The minimum atomic E-state index is -2.72. The molecule has 2 aromatic carbocycles. The first kappa shape index (κ1) is 32.7. The average molecular weight is 650 g/mol. The molecule has 2 aromatic rings. The van der Waals surface area contributed by atoms with Crippen molar-refractivity contribution in [1.82, 2.24) is 9.80 Å². The SMILES string of the molecule is COc1ccc(CN2CCC(F)CC2)cc1-c1ccc(O)c2c1CC1CC3C(C(=O)C1=C2O)C(O)(C=O)C(C(N)=O)=C(O)[C@H]3N(C)C. The van der Waals surface area contributed by atoms with Gasteiger partial charge in [-0.1, -0.05) is 12.1 Å². The number of benzene rings is 2. The number of methoxy groups -OCH3 is 1. The summed E-state index contributed by atoms with van der Waals surface area (Å²) in [5.74, 6) is -5.72. The van der Waals surface area contributed by atoms with Crippen molar-refractivity contribution in [1.29, 1.82) is 0 Å². The molecule has 0 aromatic heterocycles. The number of alkyl halides is 1. The van der Waals surface area contributed by atoms with Crippen LogP contribution in [0.1, 0.15) is 36.0 Å². The standard InChI is InChI=1S/C35H40FN3O8/c1-38(2)30-23-14-18-13-22-20(21-12-17(4-7-25(21)47-3)15-39-10-8-19(36)9-11-39)5-6-24(41)27(22)31(42)26(18)32(43)28(23)35(46,16-40)29(33(30)44)34(37)45/h4-7,12,16,18-19,23,28,30,41-42,44,46H,8-11,13-15H2,1-3H3,(H2,37,45)/t18?,23?,28?,30-,35?/m0/s1. The molecule has 1 saturated carbocycles. The first-order valence-corrected chi connectivity index (χ1v) is 15.8. The van der Waals surface area contributed by atoms with E-state index in [1.54, 1.807) is 32.2 Å². The van der Waals surface area contributed by atoms with Gasteiger partial charge in [-0.15, -0.1) is 0 Å². The Morgan fingerprint density at radius 3 is 2.47 bits per heavy atom. The molecular weight excluding hydrogens is 609 g/mol. The molecule has 0 radical (unpaired) electrons. The van der Waals surface area contributed by atoms with Crippen molar-refractivity contribution in [3.63, 3.8) is 0 Å². The third kappa shape index (κ3) is 5.19. The number of hydrogen-bond acceptors (Lipinski definition) is 10. The lowest BCUT2D eigenvalue weighted by Gasteiger charge is -2.51. The van der Waals surface area contributed by atoms with Crippen molar-refractivity contribution in [3.05, 3.63) is 63.9 Å². The Hall–Kier alpha value is -4.26. The number of piperidine rings is 1. The lowest BCUT2D eigenvalue weighted by atomic mass is 9.55. The van der Waals surface area contributed by atoms with Gasteiger partial charge in [0.25, 0.3) is 5.91 Å². The van der Waals surface area contributed by atoms with Gasteiger partial charge in [-0.05, 0) is 86.5 Å². The lowest BCUT2D eigenvalue weighted by molar-refractivity contribution is -0.149. The van der Waals surface area contributed by atoms with Gasteiger partial charge >= 0.3 is 0 Å². The molecule has 2 fully saturated rings. The molecule has 47 heavy (non-hydrogen) atoms. The maximum atomic E-state index is 14.3. The average Bonchev–Trinajstić information content (AvgIpc) is 3.01. The summed E-state index contributed by atoms with van der Waals surface area (Å²) in [5, 5.41) is 45.5. The Morgan fingerprint density at radius 1 is 1.15 bits per heavy atom. The van der Waals surface area contributed by atoms with Crippen LogP contribution in [0.15, 0.2) is 47.2 Å². The van der Waals surface area contributed by atoms with Crippen LogP contribution in [-0.2, 0) is 27.3 Å². The predicted molar refractivity (Wildman–Crippen MR) is 170 cm³/mol. The number of hydrogen-bond donors (Lipinski definition) is 5. The van der Waals surface area contributed by atoms with Crippen LogP contribution in [0.25, 0.3) is 16.9 Å². The van der Waals surface area contributed by atoms with Crippen LogP contribution in [0.3, 0.4) is 0 Å². The van der Waals surface area contributed by atoms with Crippen LogP contribution in [0, 0.1) is 17.8 Å². The number of nitrogens with two attached hydrogens (primary N) is 1. The molecule has 0 spiro atoms. The van der Waals surface area contributed by atoms with Crippen LogP contribution in [-0.4, -0.2) is 100 Å². The van der Waals surface area contributed by atoms with Gasteiger partial charge in [0, 0.05) is 30.8 Å². The number of amides is 1. The number of carbonyl (C=O) groups is 3. The molecule has 3 aliphatic carbocycles. The number of allylic oxidation sites excluding steroid dienone is 1. The number of aliphatic hydroxyl groups excluding tert-OH is 2. The van der Waals surface area contributed by atoms with Crippen LogP contribution < -0.4 is 10.5 Å². The van der Waals surface area contributed by atoms with Crippen molar-refractivity contribution in [2.24, 2.45) is 23.5 Å². The normalized spacial score (nSPS) is 28.2. The number of ketones is 1. The predicted octanol–water partition coefficient (Wildman–Crippen LogP) is 2.82. The Labute approximate surface area is 271 Å². The zero-order valence-electron chi connectivity index (χ0n) is 26.6. The van der Waals surface area contributed by atoms with E-state index in [0.717, 1.165) is 5.56 Å². The number of primary amides is 1. The molecule has 11 nitrogen and oxygen atoms in total. The Kier molecular flexibility index (Phi) is 8.39. The Bertz CT molecular complexity index is 1710. The summed E-state index contributed by atoms with van der Waals surface area (Å²) >= 11 is 0. The molecule has 5 atom stereocenters. The van der Waals surface area contributed by atoms with Gasteiger partial charge in [0.1, 0.15) is 29.2 Å². The number of aromatic hydroxyl groups is 1. The fourth-order valence-corrected chi connectivity index (χ4v) is 8.40. The molecular formula is C35H40FN3O8. The third-order valence-electron chi connectivity index (χ3n) is 10.5. The van der Waals surface area contributed by atoms with Crippen molar-refractivity contribution in [2.45, 2.75) is 50.0 Å². The van der Waals surface area contributed by atoms with Crippen LogP contribution in [0.5, 0.6) is 11.5 Å². The molecule has 4 aliphatic rings. The van der Waals surface area contributed by atoms with Gasteiger partial charge in [0.2, 0.25) is 0 Å². The fourth-order valence-electron chi connectivity index (χ4n) is 8.40. The van der Waals surface area contributed by atoms with E-state index in [2.05, 4.69) is 4.90 Å². The molecule has 0 bridgehead atoms. The first-order chi connectivity index (χ1) is 22.3. The molecule has 250 valence electrons. The number of Topliss-reactive ketones (excluding diaryl/α,β-unsaturated/α-hetero) is 1. The molecule has 12 heteroatoms. The van der Waals surface area contributed by atoms with E-state index in [1.807, 2.05) is 18.2 Å². The van der Waals surface area contributed by atoms with Crippen LogP contribution >= 0.6 is 0 Å². The van der Waals surface area contributed by atoms with Gasteiger partial charge in [-0.3, -0.25) is 24.2 Å². The molecule has 1 saturated heterocycles. The van der Waals surface area contributed by atoms with E-state index >= 15 is 0 Å². The summed E-state index contributed by atoms with van der Waals surface area (Å²) in [6.45, 7) is 1.90. The van der Waals surface area contributed by atoms with E-state index in [1.165, 1.54) is 6.07 Å². The number of likely N-dealkylation sites (N-methyl/N-ethyl adjacent to an activating group) is 1. The number of fused-ring (bicyclic) bond motifs is 3. The molecule has 6 rings (SSSR count). The number of carbonyl (C=O) groups excluding carboxylic acids is 3. The molecule has 4 unspecified atom stereocenters. The molecule has 1 aliphatic heterocycles. The number of likely N-dealkylation sites (tertiary alicyclic amines) is 1. The van der Waals surface area contributed by atoms with Gasteiger partial charge in [-0.25, -0.2) is 4.39 Å². The monoisotopic (exact) mass is 649 g/mol. The topological polar surface area (TPSA) is 174 Å². The number of nitrogens with zero attached hydrogens (tertiary/aromatic N) is 2. The summed E-state index contributed by atoms with van der Waals surface area (Å²) in [6, 6.07) is 8.01. The Morgan fingerprint density at radius 2 is 1.85 bits per heavy atom. The second kappa shape index (κ2) is 12.1. The maximum absolute atomic E-state index is 14.3. The Balaban J connectivity index is 1.47. The molecule has 1 amide bonds. The molecule has 1 heterocycles. The second-order valence-corrected chi connectivity index (χ2v) is 13.4. The van der Waals surface area contributed by atoms with Gasteiger partial charge in [-0.2, -0.15) is 0 Å². The second-order valence-electron chi connectivity index (χ2n) is 13.4. The lowest BCUT2D eigenvalue weighted by Crippen LogP contribution is -2.63. The summed E-state index contributed by atoms with van der Waals surface area (Å²) < 4.78 is 19.5. The van der Waals surface area contributed by atoms with Gasteiger partial charge < -0.3 is 30.9 Å². The number of rotatable bonds is 7. The fraction of sp³-hybridized carbons (Fsp3) is 0.457. The smallest absolute Gasteiger partial charge is 0.251 e. The van der Waals surface area contributed by atoms with Gasteiger partial charge in [0.05, 0.1) is 30.2 Å². The highest BCUT2D eigenvalue weighted by molar-refractivity contribution is 6.11. The zero-order chi connectivity index (χ0) is 33.9. The number of halogens is 1. The van der Waals surface area contributed by atoms with E-state index in [-0.39, 0.29) is 36.0 Å². The minimum Gasteiger partial charge on any atom is -0.510 e. The van der Waals surface area contributed by atoms with Crippen LogP contribution in [0.4, 0.5) is 4.39 Å². The number of phenolic OH excluding ortho intramolecular Hbond substituents is 1. The summed E-state index contributed by atoms with van der Waals surface area (Å²) in [7, 11) is 4.83. The van der Waals surface area contributed by atoms with Crippen molar-refractivity contribution < 1.29 is 43.9 Å². The van der Waals surface area contributed by atoms with E-state index in [9.17, 15) is 39.2 Å². The summed E-state index contributed by atoms with van der Waals surface area (Å²) in [4.78, 5) is 43.0.